The van der Waals surface area contributed by atoms with Gasteiger partial charge >= 0.3 is 0 Å². The Morgan fingerprint density at radius 2 is 1.93 bits per heavy atom. The van der Waals surface area contributed by atoms with E-state index >= 15 is 0 Å². The number of nitrogens with one attached hydrogen (secondary N) is 1. The number of aliphatic imine (C=N–C) groups is 1. The number of amides is 2. The lowest BCUT2D eigenvalue weighted by Crippen LogP contribution is -2.19. The van der Waals surface area contributed by atoms with Crippen molar-refractivity contribution >= 4 is 63.7 Å². The molecule has 150 valence electrons. The molecule has 30 heavy (non-hydrogen) atoms. The van der Waals surface area contributed by atoms with Crippen LogP contribution in [0.5, 0.6) is 0 Å². The molecule has 0 saturated carbocycles. The lowest BCUT2D eigenvalue weighted by atomic mass is 10.2. The van der Waals surface area contributed by atoms with Gasteiger partial charge in [-0.3, -0.25) is 9.59 Å². The Hall–Kier alpha value is -3.00. The number of para-hydroxylation sites is 1. The molecule has 0 spiro atoms. The summed E-state index contributed by atoms with van der Waals surface area (Å²) in [5.41, 5.74) is 6.68. The largest absolute Gasteiger partial charge is 0.457 e. The molecule has 1 aliphatic heterocycles. The topological polar surface area (TPSA) is 97.7 Å². The van der Waals surface area contributed by atoms with E-state index in [2.05, 4.69) is 10.3 Å². The number of carbonyl (C=O) groups excluding carboxylic acids is 2. The SMILES string of the molecule is NC(=O)c1ccccc1N=C1NC(=O)/C(=C\c2ccc(-c3cc(Cl)ccc3Cl)o2)S1. The molecule has 0 bridgehead atoms. The number of halogens is 2. The van der Waals surface area contributed by atoms with E-state index in [4.69, 9.17) is 33.4 Å². The van der Waals surface area contributed by atoms with Crippen molar-refractivity contribution in [1.82, 2.24) is 5.32 Å². The van der Waals surface area contributed by atoms with E-state index in [-0.39, 0.29) is 11.5 Å². The highest BCUT2D eigenvalue weighted by molar-refractivity contribution is 8.18. The second-order valence-electron chi connectivity index (χ2n) is 6.19. The molecule has 2 amide bonds. The quantitative estimate of drug-likeness (QED) is 0.523. The Balaban J connectivity index is 1.59. The summed E-state index contributed by atoms with van der Waals surface area (Å²) in [7, 11) is 0. The van der Waals surface area contributed by atoms with Crippen LogP contribution in [0.1, 0.15) is 16.1 Å². The van der Waals surface area contributed by atoms with Gasteiger partial charge in [-0.1, -0.05) is 35.3 Å². The lowest BCUT2D eigenvalue weighted by Gasteiger charge is -2.01. The van der Waals surface area contributed by atoms with Crippen molar-refractivity contribution in [3.8, 4) is 11.3 Å². The predicted molar refractivity (Wildman–Crippen MR) is 120 cm³/mol. The molecule has 1 aromatic heterocycles. The van der Waals surface area contributed by atoms with E-state index in [0.29, 0.717) is 42.9 Å². The highest BCUT2D eigenvalue weighted by Gasteiger charge is 2.25. The third kappa shape index (κ3) is 4.28. The van der Waals surface area contributed by atoms with Crippen LogP contribution in [0.25, 0.3) is 17.4 Å². The minimum atomic E-state index is -0.595. The summed E-state index contributed by atoms with van der Waals surface area (Å²) in [4.78, 5) is 28.6. The first kappa shape index (κ1) is 20.3. The molecule has 0 aliphatic carbocycles. The molecule has 2 heterocycles. The van der Waals surface area contributed by atoms with Crippen molar-refractivity contribution in [3.63, 3.8) is 0 Å². The van der Waals surface area contributed by atoms with Crippen molar-refractivity contribution in [2.75, 3.05) is 0 Å². The molecular formula is C21H13Cl2N3O3S. The van der Waals surface area contributed by atoms with Gasteiger partial charge in [0.1, 0.15) is 11.5 Å². The Kier molecular flexibility index (Phi) is 5.67. The molecule has 0 atom stereocenters. The van der Waals surface area contributed by atoms with Crippen molar-refractivity contribution < 1.29 is 14.0 Å². The van der Waals surface area contributed by atoms with Gasteiger partial charge in [0.05, 0.1) is 21.2 Å². The normalized spacial score (nSPS) is 16.3. The molecule has 1 saturated heterocycles. The third-order valence-electron chi connectivity index (χ3n) is 4.14. The molecule has 9 heteroatoms. The minimum Gasteiger partial charge on any atom is -0.457 e. The van der Waals surface area contributed by atoms with Crippen LogP contribution in [-0.4, -0.2) is 17.0 Å². The van der Waals surface area contributed by atoms with Crippen molar-refractivity contribution in [3.05, 3.63) is 80.9 Å². The Morgan fingerprint density at radius 1 is 1.13 bits per heavy atom. The second-order valence-corrected chi connectivity index (χ2v) is 8.06. The first-order valence-electron chi connectivity index (χ1n) is 8.64. The number of thioether (sulfide) groups is 1. The second kappa shape index (κ2) is 8.39. The lowest BCUT2D eigenvalue weighted by molar-refractivity contribution is -0.115. The standard InChI is InChI=1S/C21H13Cl2N3O3S/c22-11-5-7-15(23)14(9-11)17-8-6-12(29-17)10-18-20(28)26-21(30-18)25-16-4-2-1-3-13(16)19(24)27/h1-10H,(H2,24,27)(H,25,26,28)/b18-10+. The maximum absolute atomic E-state index is 12.3. The van der Waals surface area contributed by atoms with Gasteiger partial charge in [-0.2, -0.15) is 0 Å². The molecule has 6 nitrogen and oxygen atoms in total. The van der Waals surface area contributed by atoms with Crippen LogP contribution in [0, 0.1) is 0 Å². The summed E-state index contributed by atoms with van der Waals surface area (Å²) < 4.78 is 5.81. The number of carbonyl (C=O) groups is 2. The van der Waals surface area contributed by atoms with E-state index in [0.717, 1.165) is 11.8 Å². The molecule has 2 aromatic carbocycles. The molecule has 0 unspecified atom stereocenters. The first-order chi connectivity index (χ1) is 14.4. The third-order valence-corrected chi connectivity index (χ3v) is 5.61. The Labute approximate surface area is 185 Å². The Bertz CT molecular complexity index is 1230. The van der Waals surface area contributed by atoms with E-state index in [1.807, 2.05) is 0 Å². The zero-order valence-electron chi connectivity index (χ0n) is 15.2. The molecule has 1 fully saturated rings. The molecule has 3 N–H and O–H groups in total. The number of amidine groups is 1. The van der Waals surface area contributed by atoms with Gasteiger partial charge in [0.2, 0.25) is 0 Å². The summed E-state index contributed by atoms with van der Waals surface area (Å²) >= 11 is 13.4. The molecular weight excluding hydrogens is 445 g/mol. The number of benzene rings is 2. The maximum Gasteiger partial charge on any atom is 0.264 e. The van der Waals surface area contributed by atoms with Crippen LogP contribution in [0.15, 0.2) is 68.9 Å². The number of hydrogen-bond donors (Lipinski definition) is 2. The summed E-state index contributed by atoms with van der Waals surface area (Å²) in [5.74, 6) is 0.0800. The monoisotopic (exact) mass is 457 g/mol. The summed E-state index contributed by atoms with van der Waals surface area (Å²) in [6.45, 7) is 0. The summed E-state index contributed by atoms with van der Waals surface area (Å²) in [6, 6.07) is 15.2. The average molecular weight is 458 g/mol. The molecule has 1 aliphatic rings. The highest BCUT2D eigenvalue weighted by Crippen LogP contribution is 2.34. The fraction of sp³-hybridized carbons (Fsp3) is 0. The minimum absolute atomic E-state index is 0.270. The van der Waals surface area contributed by atoms with Crippen LogP contribution >= 0.6 is 35.0 Å². The summed E-state index contributed by atoms with van der Waals surface area (Å²) in [6.07, 6.45) is 1.60. The molecule has 0 radical (unpaired) electrons. The fourth-order valence-electron chi connectivity index (χ4n) is 2.76. The van der Waals surface area contributed by atoms with E-state index in [9.17, 15) is 9.59 Å². The van der Waals surface area contributed by atoms with Crippen molar-refractivity contribution in [1.29, 1.82) is 0 Å². The zero-order chi connectivity index (χ0) is 21.3. The van der Waals surface area contributed by atoms with Gasteiger partial charge in [-0.25, -0.2) is 4.99 Å². The van der Waals surface area contributed by atoms with E-state index in [1.54, 1.807) is 60.7 Å². The van der Waals surface area contributed by atoms with E-state index < -0.39 is 5.91 Å². The zero-order valence-corrected chi connectivity index (χ0v) is 17.5. The first-order valence-corrected chi connectivity index (χ1v) is 10.2. The highest BCUT2D eigenvalue weighted by atomic mass is 35.5. The Morgan fingerprint density at radius 3 is 2.73 bits per heavy atom. The smallest absolute Gasteiger partial charge is 0.264 e. The van der Waals surface area contributed by atoms with Gasteiger partial charge in [0, 0.05) is 16.7 Å². The van der Waals surface area contributed by atoms with Gasteiger partial charge in [-0.05, 0) is 54.2 Å². The van der Waals surface area contributed by atoms with Crippen molar-refractivity contribution in [2.45, 2.75) is 0 Å². The van der Waals surface area contributed by atoms with E-state index in [1.165, 1.54) is 0 Å². The number of nitrogens with zero attached hydrogens (tertiary/aromatic N) is 1. The van der Waals surface area contributed by atoms with Crippen LogP contribution in [0.3, 0.4) is 0 Å². The number of primary amides is 1. The number of furan rings is 1. The summed E-state index contributed by atoms with van der Waals surface area (Å²) in [5, 5.41) is 4.04. The van der Waals surface area contributed by atoms with Crippen LogP contribution < -0.4 is 11.1 Å². The fourth-order valence-corrected chi connectivity index (χ4v) is 3.96. The number of rotatable bonds is 4. The maximum atomic E-state index is 12.3. The predicted octanol–water partition coefficient (Wildman–Crippen LogP) is 5.24. The molecule has 4 rings (SSSR count). The van der Waals surface area contributed by atoms with Crippen LogP contribution in [-0.2, 0) is 4.79 Å². The number of nitrogens with two attached hydrogens (primary N) is 1. The average Bonchev–Trinajstić information content (AvgIpc) is 3.31. The van der Waals surface area contributed by atoms with Gasteiger partial charge < -0.3 is 15.5 Å². The van der Waals surface area contributed by atoms with Gasteiger partial charge in [0.15, 0.2) is 5.17 Å². The number of hydrogen-bond acceptors (Lipinski definition) is 5. The van der Waals surface area contributed by atoms with Crippen LogP contribution in [0.4, 0.5) is 5.69 Å². The van der Waals surface area contributed by atoms with Gasteiger partial charge in [0.25, 0.3) is 11.8 Å². The molecule has 3 aromatic rings. The van der Waals surface area contributed by atoms with Crippen molar-refractivity contribution in [2.24, 2.45) is 10.7 Å². The van der Waals surface area contributed by atoms with Gasteiger partial charge in [-0.15, -0.1) is 0 Å². The van der Waals surface area contributed by atoms with Crippen LogP contribution in [0.2, 0.25) is 10.0 Å².